The molecule has 0 amide bonds. The van der Waals surface area contributed by atoms with E-state index in [9.17, 15) is 4.79 Å². The number of carbonyl (C=O) groups is 1. The molecule has 0 aliphatic carbocycles. The second kappa shape index (κ2) is 5.53. The topological polar surface area (TPSA) is 38.3 Å². The highest BCUT2D eigenvalue weighted by molar-refractivity contribution is 5.94. The van der Waals surface area contributed by atoms with Crippen molar-refractivity contribution in [3.8, 4) is 5.75 Å². The SMILES string of the molecule is COc1cccc(N/C=C/C(=O)C(C)(C)C)c1. The lowest BCUT2D eigenvalue weighted by molar-refractivity contribution is -0.121. The molecule has 1 aromatic rings. The molecule has 0 saturated carbocycles. The lowest BCUT2D eigenvalue weighted by Crippen LogP contribution is -2.17. The highest BCUT2D eigenvalue weighted by Gasteiger charge is 2.17. The molecule has 3 heteroatoms. The summed E-state index contributed by atoms with van der Waals surface area (Å²) in [5.41, 5.74) is 0.550. The van der Waals surface area contributed by atoms with Crippen molar-refractivity contribution in [3.05, 3.63) is 36.5 Å². The van der Waals surface area contributed by atoms with Crippen LogP contribution in [-0.4, -0.2) is 12.9 Å². The highest BCUT2D eigenvalue weighted by atomic mass is 16.5. The first-order valence-electron chi connectivity index (χ1n) is 5.55. The van der Waals surface area contributed by atoms with Gasteiger partial charge < -0.3 is 10.1 Å². The maximum atomic E-state index is 11.6. The van der Waals surface area contributed by atoms with Gasteiger partial charge in [-0.3, -0.25) is 4.79 Å². The van der Waals surface area contributed by atoms with E-state index in [4.69, 9.17) is 4.74 Å². The Morgan fingerprint density at radius 1 is 1.35 bits per heavy atom. The van der Waals surface area contributed by atoms with Gasteiger partial charge in [0.15, 0.2) is 5.78 Å². The molecular formula is C14H19NO2. The average molecular weight is 233 g/mol. The van der Waals surface area contributed by atoms with Gasteiger partial charge in [0, 0.05) is 23.4 Å². The fourth-order valence-electron chi connectivity index (χ4n) is 1.18. The lowest BCUT2D eigenvalue weighted by atomic mass is 9.91. The zero-order chi connectivity index (χ0) is 12.9. The molecule has 0 aliphatic heterocycles. The van der Waals surface area contributed by atoms with Crippen LogP contribution in [0.25, 0.3) is 0 Å². The van der Waals surface area contributed by atoms with Crippen LogP contribution in [0.4, 0.5) is 5.69 Å². The van der Waals surface area contributed by atoms with E-state index in [-0.39, 0.29) is 11.2 Å². The second-order valence-corrected chi connectivity index (χ2v) is 4.82. The van der Waals surface area contributed by atoms with Gasteiger partial charge in [0.1, 0.15) is 5.75 Å². The van der Waals surface area contributed by atoms with Crippen molar-refractivity contribution in [3.63, 3.8) is 0 Å². The third kappa shape index (κ3) is 4.31. The standard InChI is InChI=1S/C14H19NO2/c1-14(2,3)13(16)8-9-15-11-6-5-7-12(10-11)17-4/h5-10,15H,1-4H3/b9-8+. The normalized spacial score (nSPS) is 11.5. The molecule has 0 unspecified atom stereocenters. The average Bonchev–Trinajstić information content (AvgIpc) is 2.28. The molecule has 92 valence electrons. The molecule has 0 atom stereocenters. The molecule has 0 saturated heterocycles. The third-order valence-corrected chi connectivity index (χ3v) is 2.29. The summed E-state index contributed by atoms with van der Waals surface area (Å²) in [6.07, 6.45) is 3.21. The number of carbonyl (C=O) groups excluding carboxylic acids is 1. The maximum absolute atomic E-state index is 11.6. The van der Waals surface area contributed by atoms with Gasteiger partial charge in [0.2, 0.25) is 0 Å². The molecule has 0 aromatic heterocycles. The van der Waals surface area contributed by atoms with E-state index in [1.807, 2.05) is 45.0 Å². The summed E-state index contributed by atoms with van der Waals surface area (Å²) in [5.74, 6) is 0.874. The molecular weight excluding hydrogens is 214 g/mol. The molecule has 1 N–H and O–H groups in total. The number of anilines is 1. The summed E-state index contributed by atoms with van der Waals surface area (Å²) in [6.45, 7) is 5.68. The smallest absolute Gasteiger partial charge is 0.162 e. The summed E-state index contributed by atoms with van der Waals surface area (Å²) in [7, 11) is 1.62. The Morgan fingerprint density at radius 2 is 2.06 bits per heavy atom. The van der Waals surface area contributed by atoms with Crippen molar-refractivity contribution in [2.75, 3.05) is 12.4 Å². The molecule has 0 spiro atoms. The number of rotatable bonds is 4. The minimum atomic E-state index is -0.341. The zero-order valence-corrected chi connectivity index (χ0v) is 10.8. The van der Waals surface area contributed by atoms with Gasteiger partial charge in [0.05, 0.1) is 7.11 Å². The van der Waals surface area contributed by atoms with Crippen molar-refractivity contribution in [1.29, 1.82) is 0 Å². The number of benzene rings is 1. The number of hydrogen-bond acceptors (Lipinski definition) is 3. The van der Waals surface area contributed by atoms with E-state index in [0.29, 0.717) is 0 Å². The molecule has 1 aromatic carbocycles. The van der Waals surface area contributed by atoms with Gasteiger partial charge >= 0.3 is 0 Å². The predicted octanol–water partition coefficient (Wildman–Crippen LogP) is 3.24. The largest absolute Gasteiger partial charge is 0.497 e. The highest BCUT2D eigenvalue weighted by Crippen LogP contribution is 2.17. The van der Waals surface area contributed by atoms with Crippen molar-refractivity contribution in [1.82, 2.24) is 0 Å². The van der Waals surface area contributed by atoms with Crippen LogP contribution in [0, 0.1) is 5.41 Å². The van der Waals surface area contributed by atoms with E-state index >= 15 is 0 Å². The molecule has 0 radical (unpaired) electrons. The van der Waals surface area contributed by atoms with Crippen LogP contribution in [0.15, 0.2) is 36.5 Å². The van der Waals surface area contributed by atoms with Crippen LogP contribution in [-0.2, 0) is 4.79 Å². The molecule has 0 fully saturated rings. The number of hydrogen-bond donors (Lipinski definition) is 1. The van der Waals surface area contributed by atoms with E-state index in [2.05, 4.69) is 5.32 Å². The van der Waals surface area contributed by atoms with Crippen LogP contribution in [0.3, 0.4) is 0 Å². The molecule has 0 heterocycles. The lowest BCUT2D eigenvalue weighted by Gasteiger charge is -2.13. The Hall–Kier alpha value is -1.77. The monoisotopic (exact) mass is 233 g/mol. The molecule has 0 bridgehead atoms. The molecule has 0 aliphatic rings. The van der Waals surface area contributed by atoms with Crippen molar-refractivity contribution >= 4 is 11.5 Å². The minimum absolute atomic E-state index is 0.0906. The Labute approximate surface area is 102 Å². The van der Waals surface area contributed by atoms with Crippen LogP contribution < -0.4 is 10.1 Å². The fraction of sp³-hybridized carbons (Fsp3) is 0.357. The quantitative estimate of drug-likeness (QED) is 0.811. The van der Waals surface area contributed by atoms with Crippen LogP contribution in [0.1, 0.15) is 20.8 Å². The van der Waals surface area contributed by atoms with Gasteiger partial charge in [0.25, 0.3) is 0 Å². The van der Waals surface area contributed by atoms with Crippen molar-refractivity contribution in [2.24, 2.45) is 5.41 Å². The predicted molar refractivity (Wildman–Crippen MR) is 70.2 cm³/mol. The molecule has 3 nitrogen and oxygen atoms in total. The van der Waals surface area contributed by atoms with Crippen LogP contribution >= 0.6 is 0 Å². The minimum Gasteiger partial charge on any atom is -0.497 e. The Morgan fingerprint density at radius 3 is 2.65 bits per heavy atom. The first-order valence-corrected chi connectivity index (χ1v) is 5.55. The number of ketones is 1. The summed E-state index contributed by atoms with van der Waals surface area (Å²) in [4.78, 5) is 11.6. The second-order valence-electron chi connectivity index (χ2n) is 4.82. The van der Waals surface area contributed by atoms with Crippen LogP contribution in [0.2, 0.25) is 0 Å². The van der Waals surface area contributed by atoms with E-state index in [0.717, 1.165) is 11.4 Å². The first-order chi connectivity index (χ1) is 7.93. The van der Waals surface area contributed by atoms with Gasteiger partial charge in [-0.25, -0.2) is 0 Å². The van der Waals surface area contributed by atoms with Crippen LogP contribution in [0.5, 0.6) is 5.75 Å². The summed E-state index contributed by atoms with van der Waals surface area (Å²) in [5, 5.41) is 3.04. The number of nitrogens with one attached hydrogen (secondary N) is 1. The Balaban J connectivity index is 2.61. The van der Waals surface area contributed by atoms with Gasteiger partial charge in [-0.1, -0.05) is 26.8 Å². The van der Waals surface area contributed by atoms with E-state index < -0.39 is 0 Å². The fourth-order valence-corrected chi connectivity index (χ4v) is 1.18. The first kappa shape index (κ1) is 13.3. The van der Waals surface area contributed by atoms with Crippen molar-refractivity contribution in [2.45, 2.75) is 20.8 Å². The van der Waals surface area contributed by atoms with Gasteiger partial charge in [-0.2, -0.15) is 0 Å². The van der Waals surface area contributed by atoms with E-state index in [1.165, 1.54) is 0 Å². The zero-order valence-electron chi connectivity index (χ0n) is 10.8. The number of allylic oxidation sites excluding steroid dienone is 1. The van der Waals surface area contributed by atoms with Crippen molar-refractivity contribution < 1.29 is 9.53 Å². The summed E-state index contributed by atoms with van der Waals surface area (Å²) < 4.78 is 5.11. The van der Waals surface area contributed by atoms with Gasteiger partial charge in [-0.05, 0) is 18.2 Å². The number of methoxy groups -OCH3 is 1. The molecule has 1 rings (SSSR count). The Bertz CT molecular complexity index is 416. The maximum Gasteiger partial charge on any atom is 0.162 e. The third-order valence-electron chi connectivity index (χ3n) is 2.29. The summed E-state index contributed by atoms with van der Waals surface area (Å²) in [6, 6.07) is 7.54. The Kier molecular flexibility index (Phi) is 4.32. The van der Waals surface area contributed by atoms with Gasteiger partial charge in [-0.15, -0.1) is 0 Å². The number of ether oxygens (including phenoxy) is 1. The van der Waals surface area contributed by atoms with E-state index in [1.54, 1.807) is 19.4 Å². The summed E-state index contributed by atoms with van der Waals surface area (Å²) >= 11 is 0. The molecule has 17 heavy (non-hydrogen) atoms.